The van der Waals surface area contributed by atoms with E-state index < -0.39 is 22.7 Å². The number of benzene rings is 1. The van der Waals surface area contributed by atoms with Crippen LogP contribution in [0.1, 0.15) is 44.7 Å². The van der Waals surface area contributed by atoms with Gasteiger partial charge in [0, 0.05) is 21.5 Å². The number of carboxylic acid groups (broad SMARTS) is 1. The van der Waals surface area contributed by atoms with Crippen molar-refractivity contribution >= 4 is 16.8 Å². The largest absolute Gasteiger partial charge is 0.478 e. The molecule has 1 aromatic rings. The molecule has 0 aliphatic carbocycles. The highest BCUT2D eigenvalue weighted by molar-refractivity contribution is 7.89. The van der Waals surface area contributed by atoms with E-state index in [2.05, 4.69) is 5.32 Å². The van der Waals surface area contributed by atoms with E-state index in [9.17, 15) is 14.1 Å². The highest BCUT2D eigenvalue weighted by atomic mass is 32.2. The van der Waals surface area contributed by atoms with Gasteiger partial charge in [0.25, 0.3) is 0 Å². The summed E-state index contributed by atoms with van der Waals surface area (Å²) in [6.45, 7) is 9.37. The number of rotatable bonds is 4. The van der Waals surface area contributed by atoms with E-state index in [-0.39, 0.29) is 10.8 Å². The molecule has 5 heteroatoms. The Kier molecular flexibility index (Phi) is 5.09. The highest BCUT2D eigenvalue weighted by Gasteiger charge is 2.36. The minimum absolute atomic E-state index is 0.0804. The average molecular weight is 333 g/mol. The Morgan fingerprint density at radius 2 is 1.70 bits per heavy atom. The van der Waals surface area contributed by atoms with E-state index in [0.717, 1.165) is 16.8 Å². The fourth-order valence-corrected chi connectivity index (χ4v) is 4.20. The number of nitrogens with one attached hydrogen (secondary N) is 1. The molecule has 1 aliphatic rings. The zero-order valence-corrected chi connectivity index (χ0v) is 15.0. The Labute approximate surface area is 139 Å². The normalized spacial score (nSPS) is 19.8. The van der Waals surface area contributed by atoms with Crippen molar-refractivity contribution in [1.82, 2.24) is 5.32 Å². The van der Waals surface area contributed by atoms with Crippen molar-refractivity contribution in [1.29, 1.82) is 0 Å². The minimum Gasteiger partial charge on any atom is -0.478 e. The molecule has 2 unspecified atom stereocenters. The lowest BCUT2D eigenvalue weighted by molar-refractivity contribution is -0.133. The van der Waals surface area contributed by atoms with Crippen LogP contribution >= 0.6 is 0 Å². The third-order valence-corrected chi connectivity index (χ3v) is 5.82. The zero-order valence-electron chi connectivity index (χ0n) is 14.1. The summed E-state index contributed by atoms with van der Waals surface area (Å²) in [6, 6.07) is 7.76. The van der Waals surface area contributed by atoms with Crippen LogP contribution in [0.3, 0.4) is 0 Å². The van der Waals surface area contributed by atoms with Crippen molar-refractivity contribution in [2.75, 3.05) is 0 Å². The lowest BCUT2D eigenvalue weighted by Gasteiger charge is -2.31. The van der Waals surface area contributed by atoms with E-state index in [1.807, 2.05) is 52.0 Å². The van der Waals surface area contributed by atoms with Gasteiger partial charge in [0.15, 0.2) is 0 Å². The lowest BCUT2D eigenvalue weighted by atomic mass is 9.86. The number of carbonyl (C=O) groups is 1. The van der Waals surface area contributed by atoms with Gasteiger partial charge in [0.1, 0.15) is 0 Å². The molecule has 124 valence electrons. The Bertz CT molecular complexity index is 714. The van der Waals surface area contributed by atoms with Gasteiger partial charge in [-0.05, 0) is 26.3 Å². The first-order valence-electron chi connectivity index (χ1n) is 7.63. The summed E-state index contributed by atoms with van der Waals surface area (Å²) in [7, 11) is -1.26. The Morgan fingerprint density at radius 3 is 2.17 bits per heavy atom. The molecule has 1 aromatic carbocycles. The monoisotopic (exact) mass is 333 g/mol. The number of allylic oxidation sites excluding steroid dienone is 3. The maximum atomic E-state index is 12.8. The molecule has 0 radical (unpaired) electrons. The molecule has 1 aliphatic heterocycles. The number of carboxylic acids is 1. The van der Waals surface area contributed by atoms with Gasteiger partial charge in [-0.25, -0.2) is 4.79 Å². The first-order valence-corrected chi connectivity index (χ1v) is 8.84. The van der Waals surface area contributed by atoms with E-state index >= 15 is 0 Å². The summed E-state index contributed by atoms with van der Waals surface area (Å²) >= 11 is 0. The molecule has 2 rings (SSSR count). The molecule has 23 heavy (non-hydrogen) atoms. The maximum absolute atomic E-state index is 12.8. The number of hydrogen-bond acceptors (Lipinski definition) is 3. The molecule has 0 saturated heterocycles. The van der Waals surface area contributed by atoms with Gasteiger partial charge in [-0.15, -0.1) is 0 Å². The summed E-state index contributed by atoms with van der Waals surface area (Å²) in [4.78, 5) is 12.5. The number of aliphatic carboxylic acids is 1. The summed E-state index contributed by atoms with van der Waals surface area (Å²) in [5.74, 6) is -1.47. The molecular formula is C18H23NO3S. The third kappa shape index (κ3) is 3.39. The smallest absolute Gasteiger partial charge is 0.334 e. The van der Waals surface area contributed by atoms with Gasteiger partial charge in [0.2, 0.25) is 0 Å². The predicted molar refractivity (Wildman–Crippen MR) is 93.4 cm³/mol. The average Bonchev–Trinajstić information content (AvgIpc) is 2.46. The minimum atomic E-state index is -1.26. The molecule has 2 N–H and O–H groups in total. The zero-order chi connectivity index (χ0) is 17.3. The lowest BCUT2D eigenvalue weighted by Crippen LogP contribution is -2.31. The molecule has 0 saturated carbocycles. The predicted octanol–water partition coefficient (Wildman–Crippen LogP) is 3.43. The molecular weight excluding hydrogens is 310 g/mol. The first kappa shape index (κ1) is 17.5. The van der Waals surface area contributed by atoms with Crippen molar-refractivity contribution < 1.29 is 14.1 Å². The van der Waals surface area contributed by atoms with Gasteiger partial charge in [0.05, 0.1) is 22.3 Å². The fraction of sp³-hybridized carbons (Fsp3) is 0.389. The topological polar surface area (TPSA) is 66.4 Å². The highest BCUT2D eigenvalue weighted by Crippen LogP contribution is 2.40. The quantitative estimate of drug-likeness (QED) is 0.886. The molecule has 0 amide bonds. The summed E-state index contributed by atoms with van der Waals surface area (Å²) in [6.07, 6.45) is 0. The van der Waals surface area contributed by atoms with Crippen LogP contribution in [0.2, 0.25) is 0 Å². The SMILES string of the molecule is CC1=C(C(=O)O)C(c2ccc(C)cc2)C(S(=O)C(C)C)=C(C)N1. The molecule has 4 nitrogen and oxygen atoms in total. The number of dihydropyridines is 1. The molecule has 0 bridgehead atoms. The Morgan fingerprint density at radius 1 is 1.13 bits per heavy atom. The van der Waals surface area contributed by atoms with Crippen molar-refractivity contribution in [2.45, 2.75) is 45.8 Å². The van der Waals surface area contributed by atoms with Crippen LogP contribution in [-0.2, 0) is 15.6 Å². The van der Waals surface area contributed by atoms with Gasteiger partial charge < -0.3 is 10.4 Å². The second-order valence-corrected chi connectivity index (χ2v) is 8.13. The molecule has 0 aromatic heterocycles. The summed E-state index contributed by atoms with van der Waals surface area (Å²) in [5, 5.41) is 12.7. The van der Waals surface area contributed by atoms with Crippen LogP contribution in [0.25, 0.3) is 0 Å². The van der Waals surface area contributed by atoms with E-state index in [0.29, 0.717) is 10.6 Å². The van der Waals surface area contributed by atoms with Crippen LogP contribution in [0.4, 0.5) is 0 Å². The summed E-state index contributed by atoms with van der Waals surface area (Å²) in [5.41, 5.74) is 3.61. The van der Waals surface area contributed by atoms with Gasteiger partial charge in [-0.1, -0.05) is 43.7 Å². The number of aryl methyl sites for hydroxylation is 1. The standard InChI is InChI=1S/C18H23NO3S/c1-10(2)23(22)17-13(5)19-12(4)15(18(20)21)16(17)14-8-6-11(3)7-9-14/h6-10,16,19H,1-5H3,(H,20,21). The van der Waals surface area contributed by atoms with E-state index in [1.165, 1.54) is 0 Å². The molecule has 0 fully saturated rings. The van der Waals surface area contributed by atoms with Crippen LogP contribution in [0.5, 0.6) is 0 Å². The Balaban J connectivity index is 2.68. The van der Waals surface area contributed by atoms with Crippen LogP contribution in [-0.4, -0.2) is 20.5 Å². The Hall–Kier alpha value is -1.88. The van der Waals surface area contributed by atoms with E-state index in [1.54, 1.807) is 6.92 Å². The van der Waals surface area contributed by atoms with Crippen molar-refractivity contribution in [3.05, 3.63) is 57.3 Å². The van der Waals surface area contributed by atoms with Crippen LogP contribution < -0.4 is 5.32 Å². The molecule has 0 spiro atoms. The van der Waals surface area contributed by atoms with Gasteiger partial charge in [-0.2, -0.15) is 0 Å². The van der Waals surface area contributed by atoms with Crippen molar-refractivity contribution in [2.24, 2.45) is 0 Å². The van der Waals surface area contributed by atoms with Crippen molar-refractivity contribution in [3.8, 4) is 0 Å². The third-order valence-electron chi connectivity index (χ3n) is 3.99. The molecule has 2 atom stereocenters. The first-order chi connectivity index (χ1) is 10.7. The molecule has 1 heterocycles. The van der Waals surface area contributed by atoms with Gasteiger partial charge in [-0.3, -0.25) is 4.21 Å². The second kappa shape index (κ2) is 6.71. The summed E-state index contributed by atoms with van der Waals surface area (Å²) < 4.78 is 12.8. The van der Waals surface area contributed by atoms with E-state index in [4.69, 9.17) is 0 Å². The maximum Gasteiger partial charge on any atom is 0.334 e. The fourth-order valence-electron chi connectivity index (χ4n) is 2.86. The van der Waals surface area contributed by atoms with Crippen LogP contribution in [0.15, 0.2) is 46.1 Å². The number of hydrogen-bond donors (Lipinski definition) is 2. The van der Waals surface area contributed by atoms with Gasteiger partial charge >= 0.3 is 5.97 Å². The van der Waals surface area contributed by atoms with Crippen molar-refractivity contribution in [3.63, 3.8) is 0 Å². The second-order valence-electron chi connectivity index (χ2n) is 6.15. The van der Waals surface area contributed by atoms with Crippen LogP contribution in [0, 0.1) is 6.92 Å².